The molecule has 0 bridgehead atoms. The maximum Gasteiger partial charge on any atom is 0.373 e. The highest BCUT2D eigenvalue weighted by molar-refractivity contribution is 5.75. The van der Waals surface area contributed by atoms with Gasteiger partial charge in [0, 0.05) is 15.8 Å². The summed E-state index contributed by atoms with van der Waals surface area (Å²) in [5, 5.41) is 0. The van der Waals surface area contributed by atoms with Crippen LogP contribution in [-0.4, -0.2) is 30.8 Å². The highest BCUT2D eigenvalue weighted by Gasteiger charge is 1.95. The van der Waals surface area contributed by atoms with Gasteiger partial charge in [-0.25, -0.2) is 0 Å². The van der Waals surface area contributed by atoms with Crippen LogP contribution >= 0.6 is 0 Å². The van der Waals surface area contributed by atoms with Crippen LogP contribution in [0.4, 0.5) is 0 Å². The number of carbonyl (C=O) groups is 3. The molecule has 0 aliphatic rings. The van der Waals surface area contributed by atoms with Crippen molar-refractivity contribution in [2.24, 2.45) is 0 Å². The Labute approximate surface area is 338 Å². The van der Waals surface area contributed by atoms with Crippen molar-refractivity contribution in [1.82, 2.24) is 0 Å². The molecule has 0 aliphatic heterocycles. The van der Waals surface area contributed by atoms with E-state index >= 15 is 0 Å². The van der Waals surface area contributed by atoms with Gasteiger partial charge in [0.15, 0.2) is 0 Å². The molecule has 0 N–H and O–H groups in total. The number of allylic oxidation sites excluding steroid dienone is 7. The number of Topliss-reactive ketones (excluding diaryl/α,β-unsaturated/α-hetero) is 2. The van der Waals surface area contributed by atoms with Crippen LogP contribution in [0.1, 0.15) is 218 Å². The number of hydrogen-bond acceptors (Lipinski definition) is 6. The summed E-state index contributed by atoms with van der Waals surface area (Å²) < 4.78 is 14.4. The number of methoxy groups -OCH3 is 1. The molecule has 6 nitrogen and oxygen atoms in total. The van der Waals surface area contributed by atoms with Crippen LogP contribution in [-0.2, 0) is 28.7 Å². The zero-order valence-electron chi connectivity index (χ0n) is 38.9. The first-order valence-corrected chi connectivity index (χ1v) is 21.3. The topological polar surface area (TPSA) is 94.6 Å². The molecule has 0 rings (SSSR count). The summed E-state index contributed by atoms with van der Waals surface area (Å²) in [6, 6.07) is 0. The maximum absolute atomic E-state index is 10.8. The molecule has 0 aromatic rings. The van der Waals surface area contributed by atoms with Crippen LogP contribution < -0.4 is 0 Å². The van der Waals surface area contributed by atoms with Gasteiger partial charge in [0.2, 0.25) is 0 Å². The quantitative estimate of drug-likeness (QED) is 0.0427. The fourth-order valence-corrected chi connectivity index (χ4v) is 4.40. The van der Waals surface area contributed by atoms with Crippen LogP contribution in [0.2, 0.25) is 0 Å². The molecule has 0 saturated carbocycles. The summed E-state index contributed by atoms with van der Waals surface area (Å²) in [5.41, 5.74) is 0. The van der Waals surface area contributed by atoms with Gasteiger partial charge in [0.1, 0.15) is 11.6 Å². The Bertz CT molecular complexity index is 884. The highest BCUT2D eigenvalue weighted by Crippen LogP contribution is 2.10. The first-order valence-electron chi connectivity index (χ1n) is 22.3. The fraction of sp³-hybridized carbons (Fsp3) is 0.708. The molecule has 0 fully saturated rings. The number of rotatable bonds is 29. The molecule has 0 saturated heterocycles. The summed E-state index contributed by atoms with van der Waals surface area (Å²) in [6.07, 6.45) is 47.6. The van der Waals surface area contributed by atoms with E-state index in [4.69, 9.17) is 12.6 Å². The van der Waals surface area contributed by atoms with Crippen molar-refractivity contribution in [3.05, 3.63) is 61.8 Å². The van der Waals surface area contributed by atoms with E-state index in [-0.39, 0.29) is 12.1 Å². The molecule has 0 heterocycles. The predicted octanol–water partition coefficient (Wildman–Crippen LogP) is 15.2. The van der Waals surface area contributed by atoms with Crippen LogP contribution in [0.3, 0.4) is 0 Å². The van der Waals surface area contributed by atoms with Crippen molar-refractivity contribution in [1.29, 1.82) is 0 Å². The first kappa shape index (κ1) is 60.1. The van der Waals surface area contributed by atoms with Gasteiger partial charge in [-0.1, -0.05) is 154 Å². The lowest BCUT2D eigenvalue weighted by Gasteiger charge is -1.99. The third-order valence-electron chi connectivity index (χ3n) is 7.57. The van der Waals surface area contributed by atoms with Crippen molar-refractivity contribution in [2.45, 2.75) is 215 Å². The second-order valence-electron chi connectivity index (χ2n) is 13.1. The van der Waals surface area contributed by atoms with E-state index in [9.17, 15) is 14.4 Å². The Morgan fingerprint density at radius 2 is 0.870 bits per heavy atom. The molecule has 0 spiro atoms. The minimum atomic E-state index is -0.181. The lowest BCUT2D eigenvalue weighted by Crippen LogP contribution is -1.96. The standard InChI is InChI=1S/C19H36O.C11H20O.C7H12O2.C6H12.C4H8.CO2.H2/c1-3-4-5-6-7-8-9-10-11-12-13-14-15-16-17-18-19(2)20;1-3-4-5-6-7-8-9-10-11(2)12;1-3-4-5-6-7(8)9-2;1-3-5-6-4-2;1-3-4-2;2-1-3;/h10-11H,3-9,12-18H2,1-2H3;3H,1,4-10H2,2H3;4-5H,3,6H2,1-2H3;5-6H,3-4H2,1-2H3;3H,1,4H2,2H3;;1H/b11-10-;;5-4-;6-5-;;;/i;;;;;;1+2D. The van der Waals surface area contributed by atoms with E-state index in [1.165, 1.54) is 123 Å². The molecule has 0 unspecified atom stereocenters. The predicted molar refractivity (Wildman–Crippen MR) is 237 cm³/mol. The zero-order chi connectivity index (χ0) is 44.2. The molecule has 0 aliphatic carbocycles. The number of hydrogen-bond donors (Lipinski definition) is 0. The minimum absolute atomic E-state index is 0.181. The van der Waals surface area contributed by atoms with Gasteiger partial charge in [-0.2, -0.15) is 9.59 Å². The fourth-order valence-electron chi connectivity index (χ4n) is 4.40. The Kier molecular flexibility index (Phi) is 75.7. The molecule has 318 valence electrons. The van der Waals surface area contributed by atoms with Crippen LogP contribution in [0.15, 0.2) is 61.8 Å². The maximum atomic E-state index is 10.8. The molecule has 0 amide bonds. The number of carbonyl (C=O) groups excluding carboxylic acids is 5. The summed E-state index contributed by atoms with van der Waals surface area (Å²) >= 11 is 0. The number of unbranched alkanes of at least 4 members (excludes halogenated alkanes) is 16. The number of ketones is 2. The first-order chi connectivity index (χ1) is 27.1. The summed E-state index contributed by atoms with van der Waals surface area (Å²) in [5.74, 6) is 0.475. The zero-order valence-corrected chi connectivity index (χ0v) is 36.9. The second-order valence-corrected chi connectivity index (χ2v) is 13.1. The third kappa shape index (κ3) is 97.6. The Hall–Kier alpha value is -3.11. The SMILES string of the molecule is C=CCC.C=CCCCCCCCC(C)=O.CC/C=C\CC.CC/C=C\CC(=O)OC.CCCCCCCC/C=C\CCCCCCCC(C)=O.O=C=O.[2H][3H]. The lowest BCUT2D eigenvalue weighted by molar-refractivity contribution is -0.191. The van der Waals surface area contributed by atoms with E-state index in [1.807, 2.05) is 31.2 Å². The van der Waals surface area contributed by atoms with Crippen LogP contribution in [0.25, 0.3) is 0 Å². The molecular formula is C48H90O6. The lowest BCUT2D eigenvalue weighted by atomic mass is 10.1. The van der Waals surface area contributed by atoms with Gasteiger partial charge in [-0.15, -0.1) is 13.2 Å². The van der Waals surface area contributed by atoms with Gasteiger partial charge >= 0.3 is 12.1 Å². The average Bonchev–Trinajstić information content (AvgIpc) is 3.20. The van der Waals surface area contributed by atoms with Gasteiger partial charge in [-0.3, -0.25) is 4.79 Å². The van der Waals surface area contributed by atoms with E-state index in [0.717, 1.165) is 44.9 Å². The largest absolute Gasteiger partial charge is 0.469 e. The van der Waals surface area contributed by atoms with Crippen LogP contribution in [0.5, 0.6) is 0 Å². The van der Waals surface area contributed by atoms with E-state index in [2.05, 4.69) is 69.9 Å². The van der Waals surface area contributed by atoms with Crippen molar-refractivity contribution >= 4 is 23.7 Å². The third-order valence-corrected chi connectivity index (χ3v) is 7.57. The highest BCUT2D eigenvalue weighted by atomic mass is 16.5. The molecule has 6 heteroatoms. The minimum Gasteiger partial charge on any atom is -0.469 e. The summed E-state index contributed by atoms with van der Waals surface area (Å²) in [4.78, 5) is 48.0. The Morgan fingerprint density at radius 3 is 1.19 bits per heavy atom. The van der Waals surface area contributed by atoms with E-state index in [0.29, 0.717) is 18.0 Å². The summed E-state index contributed by atoms with van der Waals surface area (Å²) in [6.45, 7) is 21.1. The Morgan fingerprint density at radius 1 is 0.537 bits per heavy atom. The smallest absolute Gasteiger partial charge is 0.373 e. The van der Waals surface area contributed by atoms with E-state index in [1.54, 1.807) is 13.8 Å². The van der Waals surface area contributed by atoms with Crippen molar-refractivity contribution in [3.8, 4) is 0 Å². The number of esters is 1. The van der Waals surface area contributed by atoms with Crippen molar-refractivity contribution < 1.29 is 31.7 Å². The Balaban J connectivity index is -0.000000114. The van der Waals surface area contributed by atoms with Gasteiger partial charge in [0.25, 0.3) is 0 Å². The van der Waals surface area contributed by atoms with Gasteiger partial charge < -0.3 is 14.3 Å². The normalized spacial score (nSPS) is 9.93. The molecule has 54 heavy (non-hydrogen) atoms. The molecule has 0 atom stereocenters. The van der Waals surface area contributed by atoms with Gasteiger partial charge in [0.05, 0.1) is 13.5 Å². The molecular weight excluding hydrogens is 673 g/mol. The van der Waals surface area contributed by atoms with Crippen molar-refractivity contribution in [3.63, 3.8) is 0 Å². The monoisotopic (exact) mass is 766 g/mol. The molecule has 0 aromatic heterocycles. The average molecular weight is 766 g/mol. The van der Waals surface area contributed by atoms with Crippen molar-refractivity contribution in [2.75, 3.05) is 7.11 Å². The van der Waals surface area contributed by atoms with Gasteiger partial charge in [-0.05, 0) is 90.9 Å². The molecule has 0 radical (unpaired) electrons. The second kappa shape index (κ2) is 68.0. The number of ether oxygens (including phenoxy) is 1. The molecule has 0 aromatic carbocycles. The summed E-state index contributed by atoms with van der Waals surface area (Å²) in [7, 11) is 1.39. The van der Waals surface area contributed by atoms with E-state index < -0.39 is 0 Å². The van der Waals surface area contributed by atoms with Crippen LogP contribution in [0, 0.1) is 0 Å².